The molecule has 0 unspecified atom stereocenters. The van der Waals surface area contributed by atoms with Crippen LogP contribution in [0.5, 0.6) is 5.75 Å². The average molecular weight is 273 g/mol. The third-order valence-electron chi connectivity index (χ3n) is 1.83. The molecule has 0 saturated heterocycles. The van der Waals surface area contributed by atoms with Crippen LogP contribution in [0.2, 0.25) is 0 Å². The summed E-state index contributed by atoms with van der Waals surface area (Å²) in [6, 6.07) is 5.65. The Morgan fingerprint density at radius 1 is 1.40 bits per heavy atom. The molecule has 0 saturated carbocycles. The van der Waals surface area contributed by atoms with Gasteiger partial charge >= 0.3 is 0 Å². The molecule has 0 aliphatic rings. The number of benzene rings is 1. The number of hydrogen-bond acceptors (Lipinski definition) is 3. The Bertz CT molecular complexity index is 350. The number of Topliss-reactive ketones (excluding diaryl/α,β-unsaturated/α-hetero) is 1. The van der Waals surface area contributed by atoms with Crippen LogP contribution in [0.15, 0.2) is 22.7 Å². The molecule has 3 nitrogen and oxygen atoms in total. The van der Waals surface area contributed by atoms with Gasteiger partial charge in [0.1, 0.15) is 19.0 Å². The molecule has 0 amide bonds. The SMILES string of the molecule is COCC(=O)COc1ccc(Br)cc1C. The summed E-state index contributed by atoms with van der Waals surface area (Å²) < 4.78 is 11.1. The summed E-state index contributed by atoms with van der Waals surface area (Å²) in [7, 11) is 1.49. The standard InChI is InChI=1S/C11H13BrO3/c1-8-5-9(12)3-4-11(8)15-7-10(13)6-14-2/h3-5H,6-7H2,1-2H3. The van der Waals surface area contributed by atoms with Gasteiger partial charge in [-0.25, -0.2) is 0 Å². The Kier molecular flexibility index (Phi) is 4.78. The average Bonchev–Trinajstić information content (AvgIpc) is 2.17. The first-order chi connectivity index (χ1) is 7.13. The summed E-state index contributed by atoms with van der Waals surface area (Å²) in [6.07, 6.45) is 0. The van der Waals surface area contributed by atoms with Gasteiger partial charge in [0.25, 0.3) is 0 Å². The zero-order valence-corrected chi connectivity index (χ0v) is 10.3. The highest BCUT2D eigenvalue weighted by Crippen LogP contribution is 2.21. The molecule has 0 fully saturated rings. The molecule has 0 radical (unpaired) electrons. The van der Waals surface area contributed by atoms with E-state index in [0.29, 0.717) is 0 Å². The van der Waals surface area contributed by atoms with E-state index in [0.717, 1.165) is 15.8 Å². The monoisotopic (exact) mass is 272 g/mol. The summed E-state index contributed by atoms with van der Waals surface area (Å²) in [5.74, 6) is 0.655. The second-order valence-corrected chi connectivity index (χ2v) is 4.09. The normalized spacial score (nSPS) is 10.1. The van der Waals surface area contributed by atoms with Crippen LogP contribution in [-0.4, -0.2) is 26.1 Å². The van der Waals surface area contributed by atoms with Crippen molar-refractivity contribution in [1.29, 1.82) is 0 Å². The van der Waals surface area contributed by atoms with Crippen LogP contribution in [0.3, 0.4) is 0 Å². The molecule has 0 heterocycles. The van der Waals surface area contributed by atoms with Gasteiger partial charge in [0.05, 0.1) is 0 Å². The molecule has 0 atom stereocenters. The van der Waals surface area contributed by atoms with Gasteiger partial charge in [-0.2, -0.15) is 0 Å². The number of halogens is 1. The van der Waals surface area contributed by atoms with E-state index >= 15 is 0 Å². The van der Waals surface area contributed by atoms with Gasteiger partial charge in [0.2, 0.25) is 0 Å². The molecule has 0 aliphatic heterocycles. The molecule has 1 rings (SSSR count). The van der Waals surface area contributed by atoms with Crippen LogP contribution in [0.25, 0.3) is 0 Å². The smallest absolute Gasteiger partial charge is 0.195 e. The van der Waals surface area contributed by atoms with Crippen molar-refractivity contribution in [2.45, 2.75) is 6.92 Å². The first-order valence-corrected chi connectivity index (χ1v) is 5.32. The summed E-state index contributed by atoms with van der Waals surface area (Å²) >= 11 is 3.36. The van der Waals surface area contributed by atoms with E-state index < -0.39 is 0 Å². The molecule has 0 aliphatic carbocycles. The minimum atomic E-state index is -0.0696. The molecule has 0 aromatic heterocycles. The lowest BCUT2D eigenvalue weighted by molar-refractivity contribution is -0.124. The van der Waals surface area contributed by atoms with E-state index in [1.54, 1.807) is 0 Å². The van der Waals surface area contributed by atoms with Crippen molar-refractivity contribution in [3.8, 4) is 5.75 Å². The topological polar surface area (TPSA) is 35.5 Å². The maximum absolute atomic E-state index is 11.1. The number of rotatable bonds is 5. The minimum absolute atomic E-state index is 0.0519. The highest BCUT2D eigenvalue weighted by atomic mass is 79.9. The van der Waals surface area contributed by atoms with Crippen LogP contribution in [0.1, 0.15) is 5.56 Å². The first-order valence-electron chi connectivity index (χ1n) is 4.53. The zero-order valence-electron chi connectivity index (χ0n) is 8.75. The fraction of sp³-hybridized carbons (Fsp3) is 0.364. The molecule has 15 heavy (non-hydrogen) atoms. The van der Waals surface area contributed by atoms with Crippen molar-refractivity contribution in [3.05, 3.63) is 28.2 Å². The Morgan fingerprint density at radius 2 is 2.13 bits per heavy atom. The fourth-order valence-corrected chi connectivity index (χ4v) is 1.61. The third kappa shape index (κ3) is 4.01. The Balaban J connectivity index is 2.54. The summed E-state index contributed by atoms with van der Waals surface area (Å²) in [5.41, 5.74) is 0.995. The highest BCUT2D eigenvalue weighted by Gasteiger charge is 2.04. The van der Waals surface area contributed by atoms with E-state index in [4.69, 9.17) is 9.47 Å². The van der Waals surface area contributed by atoms with Crippen LogP contribution in [0, 0.1) is 6.92 Å². The van der Waals surface area contributed by atoms with Crippen molar-refractivity contribution in [2.24, 2.45) is 0 Å². The number of hydrogen-bond donors (Lipinski definition) is 0. The molecule has 1 aromatic rings. The number of aryl methyl sites for hydroxylation is 1. The van der Waals surface area contributed by atoms with Gasteiger partial charge in [0.15, 0.2) is 5.78 Å². The Hall–Kier alpha value is -0.870. The number of carbonyl (C=O) groups excluding carboxylic acids is 1. The Morgan fingerprint density at radius 3 is 2.73 bits per heavy atom. The lowest BCUT2D eigenvalue weighted by Gasteiger charge is -2.08. The minimum Gasteiger partial charge on any atom is -0.485 e. The van der Waals surface area contributed by atoms with Crippen molar-refractivity contribution in [1.82, 2.24) is 0 Å². The lowest BCUT2D eigenvalue weighted by Crippen LogP contribution is -2.16. The number of methoxy groups -OCH3 is 1. The van der Waals surface area contributed by atoms with Gasteiger partial charge in [-0.3, -0.25) is 4.79 Å². The largest absolute Gasteiger partial charge is 0.485 e. The molecular formula is C11H13BrO3. The summed E-state index contributed by atoms with van der Waals surface area (Å²) in [5, 5.41) is 0. The van der Waals surface area contributed by atoms with Crippen molar-refractivity contribution in [2.75, 3.05) is 20.3 Å². The zero-order chi connectivity index (χ0) is 11.3. The van der Waals surface area contributed by atoms with Gasteiger partial charge in [-0.05, 0) is 30.7 Å². The number of ketones is 1. The molecule has 0 N–H and O–H groups in total. The first kappa shape index (κ1) is 12.2. The Labute approximate surface area is 97.5 Å². The number of ether oxygens (including phenoxy) is 2. The van der Waals surface area contributed by atoms with E-state index in [1.165, 1.54) is 7.11 Å². The van der Waals surface area contributed by atoms with Gasteiger partial charge < -0.3 is 9.47 Å². The van der Waals surface area contributed by atoms with Gasteiger partial charge in [-0.15, -0.1) is 0 Å². The highest BCUT2D eigenvalue weighted by molar-refractivity contribution is 9.10. The predicted molar refractivity (Wildman–Crippen MR) is 61.3 cm³/mol. The maximum Gasteiger partial charge on any atom is 0.195 e. The van der Waals surface area contributed by atoms with Crippen LogP contribution in [-0.2, 0) is 9.53 Å². The maximum atomic E-state index is 11.1. The fourth-order valence-electron chi connectivity index (χ4n) is 1.14. The molecule has 82 valence electrons. The second kappa shape index (κ2) is 5.88. The van der Waals surface area contributed by atoms with E-state index in [9.17, 15) is 4.79 Å². The predicted octanol–water partition coefficient (Wildman–Crippen LogP) is 2.35. The molecule has 1 aromatic carbocycles. The lowest BCUT2D eigenvalue weighted by atomic mass is 10.2. The number of carbonyl (C=O) groups is 1. The van der Waals surface area contributed by atoms with Crippen LogP contribution in [0.4, 0.5) is 0 Å². The molecule has 0 bridgehead atoms. The van der Waals surface area contributed by atoms with Crippen molar-refractivity contribution in [3.63, 3.8) is 0 Å². The molecular weight excluding hydrogens is 260 g/mol. The second-order valence-electron chi connectivity index (χ2n) is 3.17. The summed E-state index contributed by atoms with van der Waals surface area (Å²) in [4.78, 5) is 11.1. The van der Waals surface area contributed by atoms with Crippen molar-refractivity contribution >= 4 is 21.7 Å². The van der Waals surface area contributed by atoms with Crippen LogP contribution < -0.4 is 4.74 Å². The van der Waals surface area contributed by atoms with Crippen LogP contribution >= 0.6 is 15.9 Å². The van der Waals surface area contributed by atoms with E-state index in [1.807, 2.05) is 25.1 Å². The van der Waals surface area contributed by atoms with Crippen molar-refractivity contribution < 1.29 is 14.3 Å². The van der Waals surface area contributed by atoms with E-state index in [-0.39, 0.29) is 19.0 Å². The summed E-state index contributed by atoms with van der Waals surface area (Å²) in [6.45, 7) is 2.08. The van der Waals surface area contributed by atoms with E-state index in [2.05, 4.69) is 15.9 Å². The van der Waals surface area contributed by atoms with Gasteiger partial charge in [-0.1, -0.05) is 15.9 Å². The molecule has 0 spiro atoms. The quantitative estimate of drug-likeness (QED) is 0.826. The van der Waals surface area contributed by atoms with Gasteiger partial charge in [0, 0.05) is 11.6 Å². The molecule has 4 heteroatoms. The third-order valence-corrected chi connectivity index (χ3v) is 2.32.